The van der Waals surface area contributed by atoms with Crippen molar-refractivity contribution in [3.63, 3.8) is 0 Å². The molecule has 0 aliphatic rings. The number of hydrogen-bond acceptors (Lipinski definition) is 3. The van der Waals surface area contributed by atoms with Crippen LogP contribution in [0.1, 0.15) is 0 Å². The zero-order valence-corrected chi connectivity index (χ0v) is 12.0. The summed E-state index contributed by atoms with van der Waals surface area (Å²) in [5.74, 6) is 0. The van der Waals surface area contributed by atoms with Gasteiger partial charge in [0.15, 0.2) is 5.58 Å². The molecule has 2 aromatic carbocycles. The summed E-state index contributed by atoms with van der Waals surface area (Å²) in [5.41, 5.74) is -0.503. The molecule has 0 radical (unpaired) electrons. The quantitative estimate of drug-likeness (QED) is 0.610. The van der Waals surface area contributed by atoms with Crippen LogP contribution in [-0.4, -0.2) is 5.16 Å². The number of halogens is 5. The van der Waals surface area contributed by atoms with Gasteiger partial charge in [-0.2, -0.15) is 5.16 Å². The monoisotopic (exact) mass is 352 g/mol. The molecule has 0 fully saturated rings. The molecule has 124 valence electrons. The van der Waals surface area contributed by atoms with Gasteiger partial charge in [-0.3, -0.25) is 4.79 Å². The first-order chi connectivity index (χ1) is 10.4. The molecular weight excluding hydrogens is 343 g/mol. The van der Waals surface area contributed by atoms with Gasteiger partial charge in [-0.25, -0.2) is 0 Å². The number of hydrogen-bond donors (Lipinski definition) is 2. The fourth-order valence-corrected chi connectivity index (χ4v) is 2.76. The second kappa shape index (κ2) is 4.07. The van der Waals surface area contributed by atoms with Gasteiger partial charge in [-0.1, -0.05) is 31.6 Å². The molecule has 1 heterocycles. The number of aromatic amines is 1. The molecule has 0 saturated carbocycles. The maximum atomic E-state index is 12.8. The van der Waals surface area contributed by atoms with E-state index in [9.17, 15) is 24.2 Å². The minimum Gasteiger partial charge on any atom is -0.378 e. The van der Waals surface area contributed by atoms with Gasteiger partial charge in [-0.15, -0.1) is 0 Å². The number of rotatable bonds is 3. The predicted octanol–water partition coefficient (Wildman–Crippen LogP) is 5.52. The van der Waals surface area contributed by atoms with E-state index in [1.165, 1.54) is 24.3 Å². The number of H-pyrrole nitrogens is 1. The molecule has 0 amide bonds. The fourth-order valence-electron chi connectivity index (χ4n) is 2.08. The topological polar surface area (TPSA) is 58.0 Å². The Morgan fingerprint density at radius 3 is 2.39 bits per heavy atom. The number of fused-ring (bicyclic) bond motifs is 1. The Labute approximate surface area is 125 Å². The third kappa shape index (κ3) is 3.02. The van der Waals surface area contributed by atoms with Gasteiger partial charge in [0, 0.05) is 5.69 Å². The summed E-state index contributed by atoms with van der Waals surface area (Å²) in [7, 11) is -9.77. The molecule has 0 aliphatic heterocycles. The lowest BCUT2D eigenvalue weighted by Crippen LogP contribution is -2.06. The highest BCUT2D eigenvalue weighted by molar-refractivity contribution is 8.45. The van der Waals surface area contributed by atoms with E-state index < -0.39 is 20.7 Å². The van der Waals surface area contributed by atoms with E-state index in [1.807, 2.05) is 0 Å². The Kier molecular flexibility index (Phi) is 2.73. The average Bonchev–Trinajstić information content (AvgIpc) is 2.80. The Morgan fingerprint density at radius 2 is 1.70 bits per heavy atom. The SMILES string of the molecule is O=c1[nH]oc2cccc(Nc3cccc(S(F)(F)(F)(F)F)c3)c12. The smallest absolute Gasteiger partial charge is 0.310 e. The van der Waals surface area contributed by atoms with Crippen molar-refractivity contribution in [2.45, 2.75) is 4.90 Å². The van der Waals surface area contributed by atoms with Crippen molar-refractivity contribution in [3.8, 4) is 0 Å². The Hall–Kier alpha value is -2.49. The minimum absolute atomic E-state index is 0.0743. The van der Waals surface area contributed by atoms with Crippen molar-refractivity contribution in [3.05, 3.63) is 52.8 Å². The van der Waals surface area contributed by atoms with Crippen LogP contribution < -0.4 is 10.9 Å². The predicted molar refractivity (Wildman–Crippen MR) is 78.0 cm³/mol. The molecule has 0 spiro atoms. The maximum absolute atomic E-state index is 12.8. The highest BCUT2D eigenvalue weighted by atomic mass is 32.5. The third-order valence-electron chi connectivity index (χ3n) is 3.07. The van der Waals surface area contributed by atoms with Crippen LogP contribution in [-0.2, 0) is 0 Å². The molecule has 23 heavy (non-hydrogen) atoms. The van der Waals surface area contributed by atoms with E-state index in [-0.39, 0.29) is 22.3 Å². The molecule has 1 aromatic heterocycles. The van der Waals surface area contributed by atoms with E-state index in [0.29, 0.717) is 12.1 Å². The first-order valence-corrected chi connectivity index (χ1v) is 8.10. The summed E-state index contributed by atoms with van der Waals surface area (Å²) in [6, 6.07) is 7.03. The number of benzene rings is 2. The number of anilines is 2. The van der Waals surface area contributed by atoms with E-state index in [4.69, 9.17) is 4.52 Å². The summed E-state index contributed by atoms with van der Waals surface area (Å²) in [6.45, 7) is 0. The number of aromatic nitrogens is 1. The third-order valence-corrected chi connectivity index (χ3v) is 4.21. The van der Waals surface area contributed by atoms with Crippen molar-refractivity contribution in [2.24, 2.45) is 0 Å². The van der Waals surface area contributed by atoms with E-state index >= 15 is 0 Å². The van der Waals surface area contributed by atoms with Crippen LogP contribution >= 0.6 is 10.2 Å². The van der Waals surface area contributed by atoms with Gasteiger partial charge < -0.3 is 9.84 Å². The Balaban J connectivity index is 2.08. The van der Waals surface area contributed by atoms with Crippen molar-refractivity contribution in [1.29, 1.82) is 0 Å². The van der Waals surface area contributed by atoms with Gasteiger partial charge in [0.1, 0.15) is 10.3 Å². The van der Waals surface area contributed by atoms with E-state index in [0.717, 1.165) is 6.07 Å². The first kappa shape index (κ1) is 15.4. The average molecular weight is 352 g/mol. The second-order valence-corrected chi connectivity index (χ2v) is 7.24. The lowest BCUT2D eigenvalue weighted by atomic mass is 10.2. The molecular formula is C13H9F5N2O2S. The Morgan fingerprint density at radius 1 is 1.00 bits per heavy atom. The zero-order chi connectivity index (χ0) is 16.9. The van der Waals surface area contributed by atoms with Crippen LogP contribution in [0.3, 0.4) is 0 Å². The Bertz CT molecular complexity index is 962. The van der Waals surface area contributed by atoms with Gasteiger partial charge in [0.25, 0.3) is 5.56 Å². The molecule has 0 aliphatic carbocycles. The van der Waals surface area contributed by atoms with Gasteiger partial charge in [0.2, 0.25) is 0 Å². The molecule has 0 unspecified atom stereocenters. The van der Waals surface area contributed by atoms with Crippen LogP contribution in [0, 0.1) is 0 Å². The van der Waals surface area contributed by atoms with Crippen LogP contribution in [0.4, 0.5) is 30.8 Å². The molecule has 0 bridgehead atoms. The van der Waals surface area contributed by atoms with Crippen molar-refractivity contribution in [1.82, 2.24) is 5.16 Å². The molecule has 10 heteroatoms. The van der Waals surface area contributed by atoms with E-state index in [2.05, 4.69) is 10.5 Å². The summed E-state index contributed by atoms with van der Waals surface area (Å²) in [5, 5.41) is 4.69. The molecule has 3 rings (SSSR count). The summed E-state index contributed by atoms with van der Waals surface area (Å²) >= 11 is 0. The largest absolute Gasteiger partial charge is 0.378 e. The molecule has 3 aromatic rings. The van der Waals surface area contributed by atoms with Gasteiger partial charge in [-0.05, 0) is 30.3 Å². The first-order valence-electron chi connectivity index (χ1n) is 6.15. The molecule has 4 nitrogen and oxygen atoms in total. The maximum Gasteiger partial charge on any atom is 0.310 e. The summed E-state index contributed by atoms with van der Waals surface area (Å²) in [4.78, 5) is 9.62. The highest BCUT2D eigenvalue weighted by Gasteiger charge is 2.65. The van der Waals surface area contributed by atoms with Crippen molar-refractivity contribution >= 4 is 32.6 Å². The van der Waals surface area contributed by atoms with Gasteiger partial charge >= 0.3 is 10.2 Å². The van der Waals surface area contributed by atoms with Crippen LogP contribution in [0.25, 0.3) is 11.0 Å². The van der Waals surface area contributed by atoms with E-state index in [1.54, 1.807) is 0 Å². The molecule has 2 N–H and O–H groups in total. The molecule has 0 saturated heterocycles. The van der Waals surface area contributed by atoms with Crippen LogP contribution in [0.2, 0.25) is 0 Å². The summed E-state index contributed by atoms with van der Waals surface area (Å²) < 4.78 is 69.0. The summed E-state index contributed by atoms with van der Waals surface area (Å²) in [6.07, 6.45) is 0. The normalized spacial score (nSPS) is 15.2. The number of nitrogens with one attached hydrogen (secondary N) is 2. The zero-order valence-electron chi connectivity index (χ0n) is 11.2. The van der Waals surface area contributed by atoms with Crippen LogP contribution in [0.15, 0.2) is 56.7 Å². The lowest BCUT2D eigenvalue weighted by molar-refractivity contribution is 0.364. The lowest BCUT2D eigenvalue weighted by Gasteiger charge is -2.40. The standard InChI is InChI=1S/C13H9F5N2O2S/c14-23(15,16,17,18)9-4-1-3-8(7-9)19-10-5-2-6-11-12(10)13(21)20-22-11/h1-7,19H,(H,20,21). The fraction of sp³-hybridized carbons (Fsp3) is 0. The van der Waals surface area contributed by atoms with Crippen molar-refractivity contribution in [2.75, 3.05) is 5.32 Å². The second-order valence-electron chi connectivity index (χ2n) is 4.83. The minimum atomic E-state index is -9.77. The van der Waals surface area contributed by atoms with Crippen LogP contribution in [0.5, 0.6) is 0 Å². The van der Waals surface area contributed by atoms with Gasteiger partial charge in [0.05, 0.1) is 5.69 Å². The van der Waals surface area contributed by atoms with Crippen molar-refractivity contribution < 1.29 is 24.0 Å². The highest BCUT2D eigenvalue weighted by Crippen LogP contribution is 3.02. The molecule has 0 atom stereocenters.